The van der Waals surface area contributed by atoms with E-state index in [1.165, 1.54) is 0 Å². The Balaban J connectivity index is 2.10. The number of imide groups is 1. The van der Waals surface area contributed by atoms with Crippen molar-refractivity contribution < 1.29 is 14.4 Å². The van der Waals surface area contributed by atoms with E-state index in [0.717, 1.165) is 36.1 Å². The highest BCUT2D eigenvalue weighted by Crippen LogP contribution is 2.33. The van der Waals surface area contributed by atoms with Crippen LogP contribution >= 0.6 is 0 Å². The van der Waals surface area contributed by atoms with Crippen molar-refractivity contribution in [1.82, 2.24) is 15.5 Å². The van der Waals surface area contributed by atoms with Crippen molar-refractivity contribution in [2.24, 2.45) is 0 Å². The van der Waals surface area contributed by atoms with Crippen molar-refractivity contribution in [3.05, 3.63) is 35.9 Å². The Labute approximate surface area is 149 Å². The lowest BCUT2D eigenvalue weighted by Crippen LogP contribution is -2.45. The van der Waals surface area contributed by atoms with Gasteiger partial charge in [-0.25, -0.2) is 4.79 Å². The first-order valence-electron chi connectivity index (χ1n) is 9.01. The van der Waals surface area contributed by atoms with E-state index in [4.69, 9.17) is 0 Å². The van der Waals surface area contributed by atoms with Crippen molar-refractivity contribution in [2.45, 2.75) is 51.5 Å². The molecule has 1 aromatic carbocycles. The van der Waals surface area contributed by atoms with Gasteiger partial charge in [0.1, 0.15) is 12.1 Å². The summed E-state index contributed by atoms with van der Waals surface area (Å²) in [6.07, 6.45) is 4.23. The minimum absolute atomic E-state index is 0.241. The normalized spacial score (nSPS) is 19.8. The SMILES string of the molecule is CCCCCNC(=O)CN1C(=O)N[C@](CCC)(c2ccccc2)C1=O. The first-order chi connectivity index (χ1) is 12.0. The van der Waals surface area contributed by atoms with Crippen LogP contribution in [-0.2, 0) is 15.1 Å². The lowest BCUT2D eigenvalue weighted by Gasteiger charge is -2.26. The molecule has 1 aromatic rings. The number of benzene rings is 1. The highest BCUT2D eigenvalue weighted by atomic mass is 16.2. The molecule has 0 bridgehead atoms. The molecule has 1 saturated heterocycles. The van der Waals surface area contributed by atoms with Crippen molar-refractivity contribution in [3.8, 4) is 0 Å². The Hall–Kier alpha value is -2.37. The monoisotopic (exact) mass is 345 g/mol. The molecule has 25 heavy (non-hydrogen) atoms. The minimum atomic E-state index is -1.07. The molecular formula is C19H27N3O3. The fourth-order valence-corrected chi connectivity index (χ4v) is 3.18. The van der Waals surface area contributed by atoms with Crippen LogP contribution in [0, 0.1) is 0 Å². The van der Waals surface area contributed by atoms with Crippen LogP contribution in [0.2, 0.25) is 0 Å². The molecule has 2 rings (SSSR count). The summed E-state index contributed by atoms with van der Waals surface area (Å²) in [7, 11) is 0. The fraction of sp³-hybridized carbons (Fsp3) is 0.526. The Morgan fingerprint density at radius 3 is 2.48 bits per heavy atom. The molecule has 4 amide bonds. The summed E-state index contributed by atoms with van der Waals surface area (Å²) in [5.41, 5.74) is -0.323. The summed E-state index contributed by atoms with van der Waals surface area (Å²) in [5.74, 6) is -0.658. The zero-order chi connectivity index (χ0) is 18.3. The molecule has 6 nitrogen and oxygen atoms in total. The van der Waals surface area contributed by atoms with E-state index in [0.29, 0.717) is 13.0 Å². The smallest absolute Gasteiger partial charge is 0.325 e. The molecule has 1 fully saturated rings. The van der Waals surface area contributed by atoms with Crippen LogP contribution in [0.1, 0.15) is 51.5 Å². The average Bonchev–Trinajstić information content (AvgIpc) is 2.85. The molecule has 1 aliphatic heterocycles. The van der Waals surface area contributed by atoms with E-state index in [2.05, 4.69) is 17.6 Å². The summed E-state index contributed by atoms with van der Waals surface area (Å²) in [4.78, 5) is 38.5. The van der Waals surface area contributed by atoms with E-state index < -0.39 is 11.6 Å². The van der Waals surface area contributed by atoms with E-state index in [1.54, 1.807) is 0 Å². The standard InChI is InChI=1S/C19H27N3O3/c1-3-5-9-13-20-16(23)14-22-17(24)19(12-4-2,21-18(22)25)15-10-7-6-8-11-15/h6-8,10-11H,3-5,9,12-14H2,1-2H3,(H,20,23)(H,21,25)/t19-/m1/s1. The van der Waals surface area contributed by atoms with E-state index in [1.807, 2.05) is 37.3 Å². The number of nitrogens with one attached hydrogen (secondary N) is 2. The van der Waals surface area contributed by atoms with Gasteiger partial charge in [-0.3, -0.25) is 14.5 Å². The van der Waals surface area contributed by atoms with Crippen LogP contribution in [0.25, 0.3) is 0 Å². The van der Waals surface area contributed by atoms with Gasteiger partial charge in [0.2, 0.25) is 5.91 Å². The molecule has 136 valence electrons. The Morgan fingerprint density at radius 2 is 1.84 bits per heavy atom. The highest BCUT2D eigenvalue weighted by molar-refractivity contribution is 6.09. The number of hydrogen-bond donors (Lipinski definition) is 2. The summed E-state index contributed by atoms with van der Waals surface area (Å²) >= 11 is 0. The summed E-state index contributed by atoms with van der Waals surface area (Å²) in [6, 6.07) is 8.71. The van der Waals surface area contributed by atoms with E-state index >= 15 is 0 Å². The van der Waals surface area contributed by atoms with Gasteiger partial charge in [0.25, 0.3) is 5.91 Å². The molecule has 1 atom stereocenters. The van der Waals surface area contributed by atoms with Gasteiger partial charge in [0, 0.05) is 6.54 Å². The summed E-state index contributed by atoms with van der Waals surface area (Å²) in [5, 5.41) is 5.60. The lowest BCUT2D eigenvalue weighted by molar-refractivity contribution is -0.135. The van der Waals surface area contributed by atoms with Crippen molar-refractivity contribution in [3.63, 3.8) is 0 Å². The van der Waals surface area contributed by atoms with Gasteiger partial charge < -0.3 is 10.6 Å². The molecular weight excluding hydrogens is 318 g/mol. The van der Waals surface area contributed by atoms with Crippen LogP contribution in [0.5, 0.6) is 0 Å². The quantitative estimate of drug-likeness (QED) is 0.533. The van der Waals surface area contributed by atoms with Gasteiger partial charge in [-0.2, -0.15) is 0 Å². The molecule has 0 unspecified atom stereocenters. The predicted molar refractivity (Wildman–Crippen MR) is 95.8 cm³/mol. The van der Waals surface area contributed by atoms with Crippen molar-refractivity contribution in [1.29, 1.82) is 0 Å². The second-order valence-corrected chi connectivity index (χ2v) is 6.40. The highest BCUT2D eigenvalue weighted by Gasteiger charge is 2.52. The first-order valence-corrected chi connectivity index (χ1v) is 9.01. The molecule has 2 N–H and O–H groups in total. The van der Waals surface area contributed by atoms with Gasteiger partial charge in [0.15, 0.2) is 0 Å². The maximum absolute atomic E-state index is 13.0. The summed E-state index contributed by atoms with van der Waals surface area (Å²) < 4.78 is 0. The van der Waals surface area contributed by atoms with E-state index in [9.17, 15) is 14.4 Å². The van der Waals surface area contributed by atoms with Gasteiger partial charge in [0.05, 0.1) is 0 Å². The van der Waals surface area contributed by atoms with Gasteiger partial charge in [-0.15, -0.1) is 0 Å². The number of hydrogen-bond acceptors (Lipinski definition) is 3. The van der Waals surface area contributed by atoms with Gasteiger partial charge in [-0.1, -0.05) is 63.4 Å². The maximum Gasteiger partial charge on any atom is 0.325 e. The Bertz CT molecular complexity index is 618. The molecule has 1 heterocycles. The largest absolute Gasteiger partial charge is 0.355 e. The topological polar surface area (TPSA) is 78.5 Å². The molecule has 0 aromatic heterocycles. The van der Waals surface area contributed by atoms with Crippen molar-refractivity contribution in [2.75, 3.05) is 13.1 Å². The second-order valence-electron chi connectivity index (χ2n) is 6.40. The zero-order valence-electron chi connectivity index (χ0n) is 15.0. The van der Waals surface area contributed by atoms with Crippen LogP contribution in [0.15, 0.2) is 30.3 Å². The Kier molecular flexibility index (Phi) is 6.56. The van der Waals surface area contributed by atoms with E-state index in [-0.39, 0.29) is 18.4 Å². The second kappa shape index (κ2) is 8.65. The Morgan fingerprint density at radius 1 is 1.12 bits per heavy atom. The first kappa shape index (κ1) is 19.0. The molecule has 0 radical (unpaired) electrons. The molecule has 6 heteroatoms. The third kappa shape index (κ3) is 4.18. The van der Waals surface area contributed by atoms with Crippen molar-refractivity contribution >= 4 is 17.8 Å². The number of rotatable bonds is 9. The number of amides is 4. The van der Waals surface area contributed by atoms with Gasteiger partial charge >= 0.3 is 6.03 Å². The average molecular weight is 345 g/mol. The van der Waals surface area contributed by atoms with Crippen LogP contribution in [0.4, 0.5) is 4.79 Å². The number of nitrogens with zero attached hydrogens (tertiary/aromatic N) is 1. The number of carbonyl (C=O) groups is 3. The van der Waals surface area contributed by atoms with Crippen LogP contribution < -0.4 is 10.6 Å². The number of carbonyl (C=O) groups excluding carboxylic acids is 3. The number of urea groups is 1. The summed E-state index contributed by atoms with van der Waals surface area (Å²) in [6.45, 7) is 4.38. The molecule has 0 aliphatic carbocycles. The molecule has 0 spiro atoms. The molecule has 1 aliphatic rings. The lowest BCUT2D eigenvalue weighted by atomic mass is 9.85. The number of unbranched alkanes of at least 4 members (excludes halogenated alkanes) is 2. The maximum atomic E-state index is 13.0. The predicted octanol–water partition coefficient (Wildman–Crippen LogP) is 2.54. The fourth-order valence-electron chi connectivity index (χ4n) is 3.18. The molecule has 0 saturated carbocycles. The third-order valence-electron chi connectivity index (χ3n) is 4.47. The third-order valence-corrected chi connectivity index (χ3v) is 4.47. The minimum Gasteiger partial charge on any atom is -0.355 e. The van der Waals surface area contributed by atoms with Crippen LogP contribution in [0.3, 0.4) is 0 Å². The van der Waals surface area contributed by atoms with Gasteiger partial charge in [-0.05, 0) is 18.4 Å². The zero-order valence-corrected chi connectivity index (χ0v) is 15.0. The van der Waals surface area contributed by atoms with Crippen LogP contribution in [-0.4, -0.2) is 35.8 Å².